The minimum Gasteiger partial charge on any atom is -0.385 e. The third-order valence-electron chi connectivity index (χ3n) is 1.46. The van der Waals surface area contributed by atoms with Gasteiger partial charge in [0, 0.05) is 0 Å². The quantitative estimate of drug-likeness (QED) is 0.501. The molecule has 0 radical (unpaired) electrons. The Morgan fingerprint density at radius 1 is 1.75 bits per heavy atom. The molecule has 0 aliphatic carbocycles. The lowest BCUT2D eigenvalue weighted by molar-refractivity contribution is -0.391. The molecular formula is C6H9N3O3. The zero-order chi connectivity index (χ0) is 9.35. The lowest BCUT2D eigenvalue weighted by atomic mass is 10.0. The lowest BCUT2D eigenvalue weighted by Gasteiger charge is -2.13. The second-order valence-corrected chi connectivity index (χ2v) is 2.95. The molecule has 2 N–H and O–H groups in total. The Hall–Kier alpha value is -1.43. The summed E-state index contributed by atoms with van der Waals surface area (Å²) in [5.74, 6) is -0.262. The predicted octanol–water partition coefficient (Wildman–Crippen LogP) is 0.545. The fourth-order valence-electron chi connectivity index (χ4n) is 0.866. The van der Waals surface area contributed by atoms with Crippen LogP contribution in [0.1, 0.15) is 19.4 Å². The van der Waals surface area contributed by atoms with Gasteiger partial charge in [0.15, 0.2) is 0 Å². The highest BCUT2D eigenvalue weighted by Crippen LogP contribution is 2.26. The third-order valence-corrected chi connectivity index (χ3v) is 1.46. The van der Waals surface area contributed by atoms with Crippen LogP contribution in [0.4, 0.5) is 5.82 Å². The maximum absolute atomic E-state index is 10.4. The molecule has 0 saturated carbocycles. The normalized spacial score (nSPS) is 11.6. The van der Waals surface area contributed by atoms with Crippen molar-refractivity contribution in [3.63, 3.8) is 0 Å². The summed E-state index contributed by atoms with van der Waals surface area (Å²) in [6.07, 6.45) is 1.25. The number of nitrogens with one attached hydrogen (secondary N) is 1. The summed E-state index contributed by atoms with van der Waals surface area (Å²) >= 11 is 0. The maximum Gasteiger partial charge on any atom is 0.348 e. The van der Waals surface area contributed by atoms with Gasteiger partial charge in [0.1, 0.15) is 5.56 Å². The molecule has 0 aliphatic heterocycles. The molecule has 6 nitrogen and oxygen atoms in total. The van der Waals surface area contributed by atoms with Crippen molar-refractivity contribution in [3.05, 3.63) is 21.9 Å². The molecule has 6 heteroatoms. The Balaban J connectivity index is 3.17. The van der Waals surface area contributed by atoms with Crippen molar-refractivity contribution >= 4 is 5.82 Å². The molecule has 0 atom stereocenters. The highest BCUT2D eigenvalue weighted by atomic mass is 16.6. The molecule has 0 saturated heterocycles. The average molecular weight is 171 g/mol. The van der Waals surface area contributed by atoms with E-state index >= 15 is 0 Å². The van der Waals surface area contributed by atoms with E-state index in [0.29, 0.717) is 0 Å². The van der Waals surface area contributed by atoms with E-state index in [1.807, 2.05) is 0 Å². The fraction of sp³-hybridized carbons (Fsp3) is 0.500. The molecule has 1 rings (SSSR count). The standard InChI is InChI=1S/C6H9N3O3/c1-6(2,10)4-3-7-8-5(4)9(11)12/h3,10H,1-2H3,(H,7,8). The Bertz CT molecular complexity index is 299. The fourth-order valence-corrected chi connectivity index (χ4v) is 0.866. The van der Waals surface area contributed by atoms with Gasteiger partial charge in [-0.25, -0.2) is 0 Å². The van der Waals surface area contributed by atoms with Crippen LogP contribution in [0.3, 0.4) is 0 Å². The van der Waals surface area contributed by atoms with E-state index in [2.05, 4.69) is 10.2 Å². The summed E-state index contributed by atoms with van der Waals surface area (Å²) in [4.78, 5) is 9.74. The van der Waals surface area contributed by atoms with Gasteiger partial charge in [-0.15, -0.1) is 5.10 Å². The molecule has 0 amide bonds. The van der Waals surface area contributed by atoms with Gasteiger partial charge in [0.2, 0.25) is 0 Å². The molecule has 0 unspecified atom stereocenters. The molecule has 0 spiro atoms. The number of nitrogens with zero attached hydrogens (tertiary/aromatic N) is 2. The van der Waals surface area contributed by atoms with E-state index in [4.69, 9.17) is 0 Å². The monoisotopic (exact) mass is 171 g/mol. The van der Waals surface area contributed by atoms with Crippen LogP contribution < -0.4 is 0 Å². The van der Waals surface area contributed by atoms with Crippen molar-refractivity contribution in [1.82, 2.24) is 10.2 Å². The van der Waals surface area contributed by atoms with Gasteiger partial charge in [-0.1, -0.05) is 5.10 Å². The molecule has 1 heterocycles. The number of nitro groups is 1. The number of aromatic nitrogens is 2. The zero-order valence-corrected chi connectivity index (χ0v) is 6.74. The number of H-pyrrole nitrogens is 1. The molecule has 0 fully saturated rings. The minimum absolute atomic E-state index is 0.188. The summed E-state index contributed by atoms with van der Waals surface area (Å²) < 4.78 is 0. The molecule has 1 aromatic heterocycles. The molecule has 1 aromatic rings. The average Bonchev–Trinajstić information content (AvgIpc) is 2.30. The number of rotatable bonds is 2. The van der Waals surface area contributed by atoms with Crippen LogP contribution in [-0.2, 0) is 5.60 Å². The minimum atomic E-state index is -1.24. The molecule has 0 aromatic carbocycles. The van der Waals surface area contributed by atoms with Crippen LogP contribution in [0.25, 0.3) is 0 Å². The first-order valence-electron chi connectivity index (χ1n) is 3.33. The smallest absolute Gasteiger partial charge is 0.348 e. The largest absolute Gasteiger partial charge is 0.385 e. The summed E-state index contributed by atoms with van der Waals surface area (Å²) in [5.41, 5.74) is -1.05. The van der Waals surface area contributed by atoms with Crippen molar-refractivity contribution in [2.75, 3.05) is 0 Å². The van der Waals surface area contributed by atoms with Gasteiger partial charge in [-0.2, -0.15) is 0 Å². The first kappa shape index (κ1) is 8.66. The van der Waals surface area contributed by atoms with Crippen molar-refractivity contribution < 1.29 is 10.0 Å². The highest BCUT2D eigenvalue weighted by molar-refractivity contribution is 5.33. The second-order valence-electron chi connectivity index (χ2n) is 2.95. The van der Waals surface area contributed by atoms with Crippen LogP contribution in [0.5, 0.6) is 0 Å². The van der Waals surface area contributed by atoms with Crippen molar-refractivity contribution in [3.8, 4) is 0 Å². The first-order chi connectivity index (χ1) is 5.43. The van der Waals surface area contributed by atoms with Gasteiger partial charge < -0.3 is 15.2 Å². The Kier molecular flexibility index (Phi) is 1.85. The summed E-state index contributed by atoms with van der Waals surface area (Å²) in [5, 5.41) is 25.5. The first-order valence-corrected chi connectivity index (χ1v) is 3.33. The molecular weight excluding hydrogens is 162 g/mol. The Labute approximate surface area is 68.4 Å². The molecule has 0 bridgehead atoms. The van der Waals surface area contributed by atoms with Gasteiger partial charge in [-0.05, 0) is 18.8 Å². The summed E-state index contributed by atoms with van der Waals surface area (Å²) in [7, 11) is 0. The Morgan fingerprint density at radius 2 is 2.33 bits per heavy atom. The Morgan fingerprint density at radius 3 is 2.67 bits per heavy atom. The number of aliphatic hydroxyl groups is 1. The van der Waals surface area contributed by atoms with E-state index in [9.17, 15) is 15.2 Å². The topological polar surface area (TPSA) is 92.1 Å². The maximum atomic E-state index is 10.4. The van der Waals surface area contributed by atoms with Crippen LogP contribution in [-0.4, -0.2) is 20.2 Å². The van der Waals surface area contributed by atoms with E-state index in [1.165, 1.54) is 20.0 Å². The highest BCUT2D eigenvalue weighted by Gasteiger charge is 2.27. The van der Waals surface area contributed by atoms with Crippen molar-refractivity contribution in [2.45, 2.75) is 19.4 Å². The van der Waals surface area contributed by atoms with Gasteiger partial charge in [0.05, 0.1) is 11.8 Å². The van der Waals surface area contributed by atoms with Crippen LogP contribution in [0.2, 0.25) is 0 Å². The summed E-state index contributed by atoms with van der Waals surface area (Å²) in [6.45, 7) is 2.93. The number of hydrogen-bond donors (Lipinski definition) is 2. The van der Waals surface area contributed by atoms with Crippen LogP contribution >= 0.6 is 0 Å². The number of aromatic amines is 1. The van der Waals surface area contributed by atoms with Crippen LogP contribution in [0, 0.1) is 10.1 Å². The number of hydrogen-bond acceptors (Lipinski definition) is 4. The SMILES string of the molecule is CC(C)(O)c1cn[nH]c1[N+](=O)[O-]. The van der Waals surface area contributed by atoms with Gasteiger partial charge >= 0.3 is 5.82 Å². The molecule has 66 valence electrons. The molecule has 12 heavy (non-hydrogen) atoms. The summed E-state index contributed by atoms with van der Waals surface area (Å²) in [6, 6.07) is 0. The van der Waals surface area contributed by atoms with Crippen LogP contribution in [0.15, 0.2) is 6.20 Å². The second kappa shape index (κ2) is 2.56. The van der Waals surface area contributed by atoms with E-state index in [1.54, 1.807) is 0 Å². The van der Waals surface area contributed by atoms with Gasteiger partial charge in [0.25, 0.3) is 0 Å². The predicted molar refractivity (Wildman–Crippen MR) is 40.5 cm³/mol. The van der Waals surface area contributed by atoms with Gasteiger partial charge in [-0.3, -0.25) is 0 Å². The van der Waals surface area contributed by atoms with Crippen molar-refractivity contribution in [2.24, 2.45) is 0 Å². The van der Waals surface area contributed by atoms with Crippen molar-refractivity contribution in [1.29, 1.82) is 0 Å². The van der Waals surface area contributed by atoms with E-state index < -0.39 is 10.5 Å². The lowest BCUT2D eigenvalue weighted by Crippen LogP contribution is -2.16. The molecule has 0 aliphatic rings. The third kappa shape index (κ3) is 1.42. The zero-order valence-electron chi connectivity index (χ0n) is 6.74. The van der Waals surface area contributed by atoms with E-state index in [0.717, 1.165) is 0 Å². The van der Waals surface area contributed by atoms with E-state index in [-0.39, 0.29) is 11.4 Å².